The highest BCUT2D eigenvalue weighted by molar-refractivity contribution is 7.89. The molecule has 0 unspecified atom stereocenters. The summed E-state index contributed by atoms with van der Waals surface area (Å²) in [5.41, 5.74) is -1.24. The lowest BCUT2D eigenvalue weighted by molar-refractivity contribution is -0.140. The highest BCUT2D eigenvalue weighted by Gasteiger charge is 2.64. The highest BCUT2D eigenvalue weighted by atomic mass is 32.2. The first kappa shape index (κ1) is 16.7. The molecule has 2 heterocycles. The SMILES string of the molecule is Cc1ccc(S(=O)(=O)N[C@@]2(C)C=C3C(=O)O[C@@H]4CC[C@H](C2)[C@]34O)nc1. The maximum absolute atomic E-state index is 12.7. The Morgan fingerprint density at radius 2 is 2.12 bits per heavy atom. The van der Waals surface area contributed by atoms with Crippen molar-refractivity contribution >= 4 is 16.0 Å². The molecule has 1 aliphatic heterocycles. The number of hydrogen-bond acceptors (Lipinski definition) is 6. The van der Waals surface area contributed by atoms with Crippen molar-refractivity contribution in [3.05, 3.63) is 35.5 Å². The van der Waals surface area contributed by atoms with Crippen molar-refractivity contribution < 1.29 is 23.1 Å². The third-order valence-electron chi connectivity index (χ3n) is 5.45. The van der Waals surface area contributed by atoms with Gasteiger partial charge in [0.25, 0.3) is 10.0 Å². The molecule has 0 bridgehead atoms. The Labute approximate surface area is 146 Å². The summed E-state index contributed by atoms with van der Waals surface area (Å²) in [6.45, 7) is 3.54. The molecule has 0 amide bonds. The summed E-state index contributed by atoms with van der Waals surface area (Å²) in [6.07, 6.45) is 4.16. The molecule has 2 aliphatic carbocycles. The Morgan fingerprint density at radius 1 is 1.36 bits per heavy atom. The van der Waals surface area contributed by atoms with E-state index in [9.17, 15) is 18.3 Å². The Morgan fingerprint density at radius 3 is 2.80 bits per heavy atom. The fourth-order valence-corrected chi connectivity index (χ4v) is 5.62. The van der Waals surface area contributed by atoms with Crippen LogP contribution in [0.2, 0.25) is 0 Å². The van der Waals surface area contributed by atoms with Crippen LogP contribution in [-0.4, -0.2) is 41.7 Å². The molecule has 0 aromatic carbocycles. The lowest BCUT2D eigenvalue weighted by Gasteiger charge is -2.40. The van der Waals surface area contributed by atoms with Crippen LogP contribution in [0.3, 0.4) is 0 Å². The van der Waals surface area contributed by atoms with Gasteiger partial charge < -0.3 is 9.84 Å². The van der Waals surface area contributed by atoms with Crippen LogP contribution in [-0.2, 0) is 19.6 Å². The number of nitrogens with zero attached hydrogens (tertiary/aromatic N) is 1. The maximum Gasteiger partial charge on any atom is 0.337 e. The molecule has 3 aliphatic rings. The van der Waals surface area contributed by atoms with Gasteiger partial charge in [-0.15, -0.1) is 0 Å². The summed E-state index contributed by atoms with van der Waals surface area (Å²) >= 11 is 0. The van der Waals surface area contributed by atoms with Crippen molar-refractivity contribution in [2.75, 3.05) is 0 Å². The van der Waals surface area contributed by atoms with Crippen molar-refractivity contribution in [3.8, 4) is 0 Å². The molecular weight excluding hydrogens is 344 g/mol. The van der Waals surface area contributed by atoms with Crippen LogP contribution in [0.1, 0.15) is 31.7 Å². The summed E-state index contributed by atoms with van der Waals surface area (Å²) in [5, 5.41) is 10.9. The van der Waals surface area contributed by atoms with E-state index >= 15 is 0 Å². The zero-order valence-corrected chi connectivity index (χ0v) is 14.8. The first-order chi connectivity index (χ1) is 11.6. The molecule has 25 heavy (non-hydrogen) atoms. The van der Waals surface area contributed by atoms with Crippen LogP contribution in [0.25, 0.3) is 0 Å². The number of hydrogen-bond donors (Lipinski definition) is 2. The van der Waals surface area contributed by atoms with Crippen molar-refractivity contribution in [1.29, 1.82) is 0 Å². The predicted octanol–water partition coefficient (Wildman–Crippen LogP) is 0.824. The third-order valence-corrected chi connectivity index (χ3v) is 6.98. The van der Waals surface area contributed by atoms with Crippen LogP contribution in [0.4, 0.5) is 0 Å². The number of nitrogens with one attached hydrogen (secondary N) is 1. The van der Waals surface area contributed by atoms with Gasteiger partial charge in [-0.25, -0.2) is 22.9 Å². The Bertz CT molecular complexity index is 879. The average molecular weight is 364 g/mol. The number of ether oxygens (including phenoxy) is 1. The van der Waals surface area contributed by atoms with Gasteiger partial charge in [-0.3, -0.25) is 0 Å². The molecule has 0 spiro atoms. The van der Waals surface area contributed by atoms with Gasteiger partial charge in [-0.1, -0.05) is 12.1 Å². The fourth-order valence-electron chi connectivity index (χ4n) is 4.32. The molecule has 1 aromatic rings. The standard InChI is InChI=1S/C17H20N2O5S/c1-10-3-6-14(18-9-10)25(22,23)19-16(2)7-11-4-5-13-17(11,21)12(8-16)15(20)24-13/h3,6,8-9,11,13,19,21H,4-5,7H2,1-2H3/t11-,13-,16-,17+/m1/s1. The van der Waals surface area contributed by atoms with E-state index in [1.807, 2.05) is 6.92 Å². The van der Waals surface area contributed by atoms with Crippen LogP contribution in [0.15, 0.2) is 35.0 Å². The number of aryl methyl sites for hydroxylation is 1. The monoisotopic (exact) mass is 364 g/mol. The lowest BCUT2D eigenvalue weighted by atomic mass is 9.71. The number of carbonyl (C=O) groups excluding carboxylic acids is 1. The number of esters is 1. The minimum Gasteiger partial charge on any atom is -0.455 e. The number of aliphatic hydroxyl groups is 1. The molecule has 134 valence electrons. The van der Waals surface area contributed by atoms with E-state index in [-0.39, 0.29) is 16.5 Å². The number of sulfonamides is 1. The van der Waals surface area contributed by atoms with E-state index in [0.29, 0.717) is 19.3 Å². The smallest absolute Gasteiger partial charge is 0.337 e. The number of rotatable bonds is 3. The predicted molar refractivity (Wildman–Crippen MR) is 88.0 cm³/mol. The molecule has 8 heteroatoms. The zero-order chi connectivity index (χ0) is 18.0. The van der Waals surface area contributed by atoms with Crippen molar-refractivity contribution in [2.45, 2.75) is 55.4 Å². The molecule has 1 saturated heterocycles. The van der Waals surface area contributed by atoms with E-state index in [1.165, 1.54) is 18.3 Å². The van der Waals surface area contributed by atoms with Gasteiger partial charge in [0, 0.05) is 11.7 Å². The van der Waals surface area contributed by atoms with Gasteiger partial charge in [-0.05, 0) is 50.7 Å². The number of carbonyl (C=O) groups is 1. The minimum atomic E-state index is -3.86. The summed E-state index contributed by atoms with van der Waals surface area (Å²) in [7, 11) is -3.86. The van der Waals surface area contributed by atoms with Crippen molar-refractivity contribution in [1.82, 2.24) is 9.71 Å². The molecule has 1 saturated carbocycles. The van der Waals surface area contributed by atoms with Crippen molar-refractivity contribution in [2.24, 2.45) is 5.92 Å². The van der Waals surface area contributed by atoms with E-state index in [4.69, 9.17) is 4.74 Å². The lowest BCUT2D eigenvalue weighted by Crippen LogP contribution is -2.54. The second-order valence-electron chi connectivity index (χ2n) is 7.45. The van der Waals surface area contributed by atoms with E-state index in [0.717, 1.165) is 5.56 Å². The normalized spacial score (nSPS) is 36.8. The topological polar surface area (TPSA) is 106 Å². The van der Waals surface area contributed by atoms with Crippen LogP contribution in [0, 0.1) is 12.8 Å². The molecule has 2 fully saturated rings. The number of aromatic nitrogens is 1. The summed E-state index contributed by atoms with van der Waals surface area (Å²) in [5.74, 6) is -0.779. The van der Waals surface area contributed by atoms with Crippen LogP contribution in [0.5, 0.6) is 0 Å². The molecule has 1 aromatic heterocycles. The zero-order valence-electron chi connectivity index (χ0n) is 14.0. The summed E-state index contributed by atoms with van der Waals surface area (Å²) in [4.78, 5) is 16.1. The Balaban J connectivity index is 1.70. The van der Waals surface area contributed by atoms with Gasteiger partial charge >= 0.3 is 5.97 Å². The van der Waals surface area contributed by atoms with Crippen LogP contribution < -0.4 is 4.72 Å². The van der Waals surface area contributed by atoms with E-state index < -0.39 is 33.2 Å². The molecular formula is C17H20N2O5S. The van der Waals surface area contributed by atoms with Gasteiger partial charge in [0.05, 0.1) is 5.57 Å². The van der Waals surface area contributed by atoms with Gasteiger partial charge in [0.15, 0.2) is 5.03 Å². The largest absolute Gasteiger partial charge is 0.455 e. The Hall–Kier alpha value is -1.77. The first-order valence-electron chi connectivity index (χ1n) is 8.27. The maximum atomic E-state index is 12.7. The molecule has 0 radical (unpaired) electrons. The van der Waals surface area contributed by atoms with Gasteiger partial charge in [0.1, 0.15) is 11.7 Å². The van der Waals surface area contributed by atoms with Crippen LogP contribution >= 0.6 is 0 Å². The van der Waals surface area contributed by atoms with E-state index in [1.54, 1.807) is 13.0 Å². The van der Waals surface area contributed by atoms with Crippen molar-refractivity contribution in [3.63, 3.8) is 0 Å². The summed E-state index contributed by atoms with van der Waals surface area (Å²) in [6, 6.07) is 3.13. The quantitative estimate of drug-likeness (QED) is 0.770. The number of pyridine rings is 1. The van der Waals surface area contributed by atoms with Gasteiger partial charge in [0.2, 0.25) is 0 Å². The fraction of sp³-hybridized carbons (Fsp3) is 0.529. The molecule has 4 atom stereocenters. The summed E-state index contributed by atoms with van der Waals surface area (Å²) < 4.78 is 33.3. The molecule has 7 nitrogen and oxygen atoms in total. The minimum absolute atomic E-state index is 0.0724. The van der Waals surface area contributed by atoms with Gasteiger partial charge in [-0.2, -0.15) is 0 Å². The van der Waals surface area contributed by atoms with E-state index in [2.05, 4.69) is 9.71 Å². The second-order valence-corrected chi connectivity index (χ2v) is 9.08. The highest BCUT2D eigenvalue weighted by Crippen LogP contribution is 2.53. The Kier molecular flexibility index (Phi) is 3.42. The molecule has 2 N–H and O–H groups in total. The first-order valence-corrected chi connectivity index (χ1v) is 9.76. The molecule has 4 rings (SSSR count). The third kappa shape index (κ3) is 2.43. The second kappa shape index (κ2) is 5.12. The average Bonchev–Trinajstić information content (AvgIpc) is 2.95.